The molecule has 3 nitrogen and oxygen atoms in total. The topological polar surface area (TPSA) is 29.0 Å². The molecule has 3 heterocycles. The van der Waals surface area contributed by atoms with Gasteiger partial charge in [0, 0.05) is 31.1 Å². The quantitative estimate of drug-likeness (QED) is 0.181. The second kappa shape index (κ2) is 10.7. The minimum Gasteiger partial charge on any atom is -0.278 e. The van der Waals surface area contributed by atoms with E-state index in [1.54, 1.807) is 0 Å². The van der Waals surface area contributed by atoms with Gasteiger partial charge in [-0.05, 0) is 68.4 Å². The molecular formula is C49H29N3S. The van der Waals surface area contributed by atoms with Crippen molar-refractivity contribution in [1.82, 2.24) is 9.97 Å². The Morgan fingerprint density at radius 2 is 1.04 bits per heavy atom. The summed E-state index contributed by atoms with van der Waals surface area (Å²) in [5, 5.41) is 5.99. The van der Waals surface area contributed by atoms with Crippen molar-refractivity contribution in [3.05, 3.63) is 198 Å². The molecule has 0 unspecified atom stereocenters. The summed E-state index contributed by atoms with van der Waals surface area (Å²) in [4.78, 5) is 13.5. The van der Waals surface area contributed by atoms with Crippen molar-refractivity contribution in [3.63, 3.8) is 0 Å². The molecule has 53 heavy (non-hydrogen) atoms. The first kappa shape index (κ1) is 29.0. The lowest BCUT2D eigenvalue weighted by Crippen LogP contribution is -2.36. The zero-order valence-electron chi connectivity index (χ0n) is 28.5. The maximum atomic E-state index is 5.64. The van der Waals surface area contributed by atoms with Crippen LogP contribution in [-0.4, -0.2) is 9.97 Å². The summed E-state index contributed by atoms with van der Waals surface area (Å²) in [6.45, 7) is 0. The molecule has 10 aromatic rings. The minimum absolute atomic E-state index is 0.492. The molecule has 0 N–H and O–H groups in total. The van der Waals surface area contributed by atoms with Crippen molar-refractivity contribution in [2.45, 2.75) is 5.41 Å². The second-order valence-corrected chi connectivity index (χ2v) is 15.1. The van der Waals surface area contributed by atoms with Crippen molar-refractivity contribution in [1.29, 1.82) is 0 Å². The molecule has 0 saturated carbocycles. The van der Waals surface area contributed by atoms with Gasteiger partial charge >= 0.3 is 0 Å². The van der Waals surface area contributed by atoms with Crippen molar-refractivity contribution >= 4 is 70.5 Å². The van der Waals surface area contributed by atoms with E-state index in [0.29, 0.717) is 5.95 Å². The number of nitrogens with zero attached hydrogens (tertiary/aromatic N) is 3. The van der Waals surface area contributed by atoms with Crippen LogP contribution in [0.4, 0.5) is 17.3 Å². The zero-order valence-corrected chi connectivity index (χ0v) is 29.3. The average molecular weight is 692 g/mol. The maximum Gasteiger partial charge on any atom is 0.235 e. The molecule has 2 aliphatic rings. The predicted octanol–water partition coefficient (Wildman–Crippen LogP) is 13.0. The van der Waals surface area contributed by atoms with Crippen LogP contribution in [0.2, 0.25) is 0 Å². The Kier molecular flexibility index (Phi) is 5.86. The lowest BCUT2D eigenvalue weighted by molar-refractivity contribution is 0.750. The molecule has 0 saturated heterocycles. The normalized spacial score (nSPS) is 13.8. The smallest absolute Gasteiger partial charge is 0.235 e. The largest absolute Gasteiger partial charge is 0.278 e. The van der Waals surface area contributed by atoms with E-state index in [2.05, 4.69) is 181 Å². The fraction of sp³-hybridized carbons (Fsp3) is 0.0204. The van der Waals surface area contributed by atoms with Gasteiger partial charge in [0.25, 0.3) is 0 Å². The third-order valence-electron chi connectivity index (χ3n) is 11.5. The van der Waals surface area contributed by atoms with Gasteiger partial charge in [-0.2, -0.15) is 0 Å². The highest BCUT2D eigenvalue weighted by Gasteiger charge is 2.51. The average Bonchev–Trinajstić information content (AvgIpc) is 3.76. The standard InChI is InChI=1S/C49H29N3S/c1-2-15-31(16-3-1)45-36-28-29-43-44(35-27-26-30-14-4-5-17-32(30)47(35)53-43)46(36)51-48(50-45)52-41-24-12-10-22-39(41)49(40-23-11-13-25-42(40)52)37-20-8-6-18-33(37)34-19-7-9-21-38(34)49/h1-29H. The Morgan fingerprint density at radius 1 is 0.453 bits per heavy atom. The Hall–Kier alpha value is -6.62. The van der Waals surface area contributed by atoms with Crippen LogP contribution in [-0.2, 0) is 5.41 Å². The van der Waals surface area contributed by atoms with Gasteiger partial charge in [0.15, 0.2) is 0 Å². The Bertz CT molecular complexity index is 3050. The van der Waals surface area contributed by atoms with Gasteiger partial charge in [-0.3, -0.25) is 4.90 Å². The summed E-state index contributed by atoms with van der Waals surface area (Å²) in [6.07, 6.45) is 0. The van der Waals surface area contributed by atoms with E-state index in [1.165, 1.54) is 64.3 Å². The van der Waals surface area contributed by atoms with E-state index in [-0.39, 0.29) is 0 Å². The van der Waals surface area contributed by atoms with E-state index < -0.39 is 5.41 Å². The van der Waals surface area contributed by atoms with Crippen LogP contribution >= 0.6 is 11.3 Å². The molecule has 0 atom stereocenters. The molecule has 1 spiro atoms. The molecule has 0 radical (unpaired) electrons. The number of thiophene rings is 1. The summed E-state index contributed by atoms with van der Waals surface area (Å²) in [5.74, 6) is 0.665. The SMILES string of the molecule is c1ccc(-c2nc(N3c4ccccc4C4(c5ccccc5-c5ccccc54)c4ccccc43)nc3c2ccc2sc4c5ccccc5ccc4c23)cc1. The van der Waals surface area contributed by atoms with E-state index in [0.717, 1.165) is 33.5 Å². The van der Waals surface area contributed by atoms with Gasteiger partial charge in [-0.15, -0.1) is 11.3 Å². The second-order valence-electron chi connectivity index (χ2n) is 14.0. The number of hydrogen-bond donors (Lipinski definition) is 0. The van der Waals surface area contributed by atoms with E-state index >= 15 is 0 Å². The summed E-state index contributed by atoms with van der Waals surface area (Å²) >= 11 is 1.85. The molecule has 4 heteroatoms. The van der Waals surface area contributed by atoms with Gasteiger partial charge in [0.2, 0.25) is 5.95 Å². The molecule has 2 aromatic heterocycles. The van der Waals surface area contributed by atoms with Crippen LogP contribution in [0.1, 0.15) is 22.3 Å². The summed E-state index contributed by atoms with van der Waals surface area (Å²) in [5.41, 5.74) is 12.3. The first-order valence-corrected chi connectivity index (χ1v) is 18.9. The minimum atomic E-state index is -0.492. The van der Waals surface area contributed by atoms with Crippen LogP contribution < -0.4 is 4.90 Å². The first-order valence-electron chi connectivity index (χ1n) is 18.1. The molecule has 1 aliphatic heterocycles. The number of benzene rings is 8. The monoisotopic (exact) mass is 691 g/mol. The van der Waals surface area contributed by atoms with Gasteiger partial charge in [0.1, 0.15) is 0 Å². The van der Waals surface area contributed by atoms with Crippen molar-refractivity contribution in [3.8, 4) is 22.4 Å². The van der Waals surface area contributed by atoms with E-state index in [9.17, 15) is 0 Å². The molecule has 8 aromatic carbocycles. The number of aromatic nitrogens is 2. The number of hydrogen-bond acceptors (Lipinski definition) is 4. The maximum absolute atomic E-state index is 5.64. The van der Waals surface area contributed by atoms with Gasteiger partial charge in [0.05, 0.1) is 28.0 Å². The van der Waals surface area contributed by atoms with E-state index in [4.69, 9.17) is 9.97 Å². The molecule has 12 rings (SSSR count). The van der Waals surface area contributed by atoms with Gasteiger partial charge in [-0.25, -0.2) is 9.97 Å². The fourth-order valence-electron chi connectivity index (χ4n) is 9.36. The molecule has 246 valence electrons. The fourth-order valence-corrected chi connectivity index (χ4v) is 10.6. The Labute approximate surface area is 310 Å². The number of fused-ring (bicyclic) bond motifs is 16. The number of anilines is 3. The summed E-state index contributed by atoms with van der Waals surface area (Å²) in [6, 6.07) is 63.9. The molecule has 0 amide bonds. The molecule has 0 fully saturated rings. The van der Waals surface area contributed by atoms with Crippen molar-refractivity contribution in [2.75, 3.05) is 4.90 Å². The molecular weight excluding hydrogens is 663 g/mol. The highest BCUT2D eigenvalue weighted by molar-refractivity contribution is 7.26. The van der Waals surface area contributed by atoms with Crippen LogP contribution in [0.25, 0.3) is 64.2 Å². The number of para-hydroxylation sites is 2. The third kappa shape index (κ3) is 3.78. The highest BCUT2D eigenvalue weighted by Crippen LogP contribution is 2.63. The van der Waals surface area contributed by atoms with Gasteiger partial charge < -0.3 is 0 Å². The van der Waals surface area contributed by atoms with Crippen LogP contribution in [0, 0.1) is 0 Å². The van der Waals surface area contributed by atoms with E-state index in [1.807, 2.05) is 11.3 Å². The van der Waals surface area contributed by atoms with Crippen LogP contribution in [0.3, 0.4) is 0 Å². The third-order valence-corrected chi connectivity index (χ3v) is 12.7. The molecule has 1 aliphatic carbocycles. The molecule has 0 bridgehead atoms. The first-order chi connectivity index (χ1) is 26.3. The Morgan fingerprint density at radius 3 is 1.75 bits per heavy atom. The highest BCUT2D eigenvalue weighted by atomic mass is 32.1. The summed E-state index contributed by atoms with van der Waals surface area (Å²) in [7, 11) is 0. The predicted molar refractivity (Wildman–Crippen MR) is 221 cm³/mol. The van der Waals surface area contributed by atoms with Crippen LogP contribution in [0.15, 0.2) is 176 Å². The van der Waals surface area contributed by atoms with Gasteiger partial charge in [-0.1, -0.05) is 152 Å². The Balaban J connectivity index is 1.20. The summed E-state index contributed by atoms with van der Waals surface area (Å²) < 4.78 is 2.52. The van der Waals surface area contributed by atoms with Crippen LogP contribution in [0.5, 0.6) is 0 Å². The number of rotatable bonds is 2. The van der Waals surface area contributed by atoms with Crippen molar-refractivity contribution in [2.24, 2.45) is 0 Å². The van der Waals surface area contributed by atoms with Crippen molar-refractivity contribution < 1.29 is 0 Å². The zero-order chi connectivity index (χ0) is 34.7. The lowest BCUT2D eigenvalue weighted by Gasteiger charge is -2.44. The lowest BCUT2D eigenvalue weighted by atomic mass is 9.65.